The second kappa shape index (κ2) is 10.5. The Kier molecular flexibility index (Phi) is 8.41. The van der Waals surface area contributed by atoms with Crippen LogP contribution in [0.15, 0.2) is 18.2 Å². The summed E-state index contributed by atoms with van der Waals surface area (Å²) in [6, 6.07) is 3.81. The maximum Gasteiger partial charge on any atom is 0.244 e. The van der Waals surface area contributed by atoms with Crippen molar-refractivity contribution in [2.75, 3.05) is 40.0 Å². The quantitative estimate of drug-likeness (QED) is 0.684. The first kappa shape index (κ1) is 21.5. The third-order valence-corrected chi connectivity index (χ3v) is 4.96. The molecule has 1 aliphatic rings. The van der Waals surface area contributed by atoms with E-state index in [2.05, 4.69) is 17.1 Å². The molecule has 1 heterocycles. The van der Waals surface area contributed by atoms with Crippen molar-refractivity contribution in [3.8, 4) is 11.5 Å². The van der Waals surface area contributed by atoms with Crippen LogP contribution in [0.4, 0.5) is 0 Å². The minimum absolute atomic E-state index is 0.0266. The summed E-state index contributed by atoms with van der Waals surface area (Å²) in [7, 11) is 1.56. The Balaban J connectivity index is 1.98. The van der Waals surface area contributed by atoms with Crippen LogP contribution < -0.4 is 14.8 Å². The lowest BCUT2D eigenvalue weighted by molar-refractivity contribution is -0.117. The first-order chi connectivity index (χ1) is 13.0. The van der Waals surface area contributed by atoms with Crippen molar-refractivity contribution >= 4 is 23.6 Å². The molecule has 2 rings (SSSR count). The highest BCUT2D eigenvalue weighted by molar-refractivity contribution is 6.32. The number of carbonyl (C=O) groups is 1. The van der Waals surface area contributed by atoms with Crippen molar-refractivity contribution in [2.45, 2.75) is 32.9 Å². The highest BCUT2D eigenvalue weighted by Crippen LogP contribution is 2.36. The van der Waals surface area contributed by atoms with Gasteiger partial charge in [0.1, 0.15) is 0 Å². The van der Waals surface area contributed by atoms with Crippen LogP contribution in [0, 0.1) is 0 Å². The highest BCUT2D eigenvalue weighted by Gasteiger charge is 2.22. The van der Waals surface area contributed by atoms with Crippen LogP contribution in [0.3, 0.4) is 0 Å². The number of nitrogens with zero attached hydrogens (tertiary/aromatic N) is 1. The van der Waals surface area contributed by atoms with Crippen LogP contribution in [-0.4, -0.2) is 62.9 Å². The number of nitrogens with one attached hydrogen (secondary N) is 1. The van der Waals surface area contributed by atoms with Crippen molar-refractivity contribution in [2.24, 2.45) is 0 Å². The molecule has 2 unspecified atom stereocenters. The summed E-state index contributed by atoms with van der Waals surface area (Å²) in [5.41, 5.74) is 0.768. The van der Waals surface area contributed by atoms with E-state index in [1.807, 2.05) is 13.8 Å². The Hall–Kier alpha value is -1.76. The van der Waals surface area contributed by atoms with Crippen molar-refractivity contribution in [1.29, 1.82) is 0 Å². The first-order valence-electron chi connectivity index (χ1n) is 9.27. The summed E-state index contributed by atoms with van der Waals surface area (Å²) in [5.74, 6) is 0.904. The van der Waals surface area contributed by atoms with Gasteiger partial charge in [-0.3, -0.25) is 9.69 Å². The molecule has 1 aliphatic heterocycles. The van der Waals surface area contributed by atoms with E-state index in [-0.39, 0.29) is 18.0 Å². The highest BCUT2D eigenvalue weighted by atomic mass is 35.5. The lowest BCUT2D eigenvalue weighted by atomic mass is 10.1. The molecule has 6 nitrogen and oxygen atoms in total. The van der Waals surface area contributed by atoms with Crippen LogP contribution in [0.5, 0.6) is 11.5 Å². The van der Waals surface area contributed by atoms with Gasteiger partial charge in [-0.15, -0.1) is 0 Å². The SMILES string of the molecule is CCOc1c(Cl)cc(C=CC(=O)NC(C)C(C)N2CCOCC2)cc1OC. The second-order valence-corrected chi connectivity index (χ2v) is 6.89. The fourth-order valence-corrected chi connectivity index (χ4v) is 3.26. The van der Waals surface area contributed by atoms with Crippen molar-refractivity contribution in [3.63, 3.8) is 0 Å². The van der Waals surface area contributed by atoms with Crippen molar-refractivity contribution in [3.05, 3.63) is 28.8 Å². The average molecular weight is 397 g/mol. The Morgan fingerprint density at radius 2 is 2.07 bits per heavy atom. The van der Waals surface area contributed by atoms with Crippen molar-refractivity contribution < 1.29 is 19.0 Å². The molecule has 1 saturated heterocycles. The standard InChI is InChI=1S/C20H29ClN2O4/c1-5-27-20-17(21)12-16(13-18(20)25-4)6-7-19(24)22-14(2)15(3)23-8-10-26-11-9-23/h6-7,12-15H,5,8-11H2,1-4H3,(H,22,24). The summed E-state index contributed by atoms with van der Waals surface area (Å²) >= 11 is 6.26. The maximum absolute atomic E-state index is 12.3. The normalized spacial score (nSPS) is 17.5. The van der Waals surface area contributed by atoms with Gasteiger partial charge in [-0.25, -0.2) is 0 Å². The lowest BCUT2D eigenvalue weighted by Gasteiger charge is -2.35. The predicted octanol–water partition coefficient (Wildman–Crippen LogP) is 2.99. The number of rotatable bonds is 8. The number of halogens is 1. The average Bonchev–Trinajstić information content (AvgIpc) is 2.68. The Labute approximate surface area is 166 Å². The van der Waals surface area contributed by atoms with Gasteiger partial charge < -0.3 is 19.5 Å². The molecule has 0 saturated carbocycles. The number of benzene rings is 1. The van der Waals surface area contributed by atoms with E-state index >= 15 is 0 Å². The van der Waals surface area contributed by atoms with Gasteiger partial charge >= 0.3 is 0 Å². The molecule has 2 atom stereocenters. The number of ether oxygens (including phenoxy) is 3. The van der Waals surface area contributed by atoms with E-state index in [1.165, 1.54) is 6.08 Å². The van der Waals surface area contributed by atoms with Gasteiger partial charge in [0.15, 0.2) is 11.5 Å². The molecule has 0 aromatic heterocycles. The molecule has 7 heteroatoms. The van der Waals surface area contributed by atoms with Gasteiger partial charge in [0.25, 0.3) is 0 Å². The molecular formula is C20H29ClN2O4. The minimum Gasteiger partial charge on any atom is -0.493 e. The smallest absolute Gasteiger partial charge is 0.244 e. The first-order valence-corrected chi connectivity index (χ1v) is 9.64. The maximum atomic E-state index is 12.3. The third kappa shape index (κ3) is 6.13. The fourth-order valence-electron chi connectivity index (χ4n) is 2.99. The van der Waals surface area contributed by atoms with Gasteiger partial charge in [0.2, 0.25) is 5.91 Å². The van der Waals surface area contributed by atoms with Gasteiger partial charge in [0, 0.05) is 31.2 Å². The summed E-state index contributed by atoms with van der Waals surface area (Å²) in [5, 5.41) is 3.47. The van der Waals surface area contributed by atoms with E-state index in [9.17, 15) is 4.79 Å². The minimum atomic E-state index is -0.147. The lowest BCUT2D eigenvalue weighted by Crippen LogP contribution is -2.51. The molecule has 0 spiro atoms. The van der Waals surface area contributed by atoms with Crippen LogP contribution in [0.25, 0.3) is 6.08 Å². The topological polar surface area (TPSA) is 60.0 Å². The number of morpholine rings is 1. The number of hydrogen-bond donors (Lipinski definition) is 1. The van der Waals surface area contributed by atoms with Gasteiger partial charge in [0.05, 0.1) is 32.0 Å². The van der Waals surface area contributed by atoms with Crippen LogP contribution in [0.2, 0.25) is 5.02 Å². The summed E-state index contributed by atoms with van der Waals surface area (Å²) in [4.78, 5) is 14.6. The second-order valence-electron chi connectivity index (χ2n) is 6.49. The zero-order chi connectivity index (χ0) is 19.8. The van der Waals surface area contributed by atoms with Crippen LogP contribution >= 0.6 is 11.6 Å². The van der Waals surface area contributed by atoms with Crippen molar-refractivity contribution in [1.82, 2.24) is 10.2 Å². The van der Waals surface area contributed by atoms with Gasteiger partial charge in [-0.2, -0.15) is 0 Å². The Morgan fingerprint density at radius 1 is 1.37 bits per heavy atom. The van der Waals surface area contributed by atoms with Crippen LogP contribution in [0.1, 0.15) is 26.3 Å². The molecule has 1 N–H and O–H groups in total. The fraction of sp³-hybridized carbons (Fsp3) is 0.550. The largest absolute Gasteiger partial charge is 0.493 e. The molecule has 0 radical (unpaired) electrons. The number of hydrogen-bond acceptors (Lipinski definition) is 5. The van der Waals surface area contributed by atoms with Crippen LogP contribution in [-0.2, 0) is 9.53 Å². The Morgan fingerprint density at radius 3 is 2.70 bits per heavy atom. The molecule has 27 heavy (non-hydrogen) atoms. The molecule has 1 aromatic carbocycles. The van der Waals surface area contributed by atoms with E-state index in [1.54, 1.807) is 25.3 Å². The Bertz CT molecular complexity index is 660. The summed E-state index contributed by atoms with van der Waals surface area (Å²) in [6.07, 6.45) is 3.22. The molecule has 150 valence electrons. The summed E-state index contributed by atoms with van der Waals surface area (Å²) in [6.45, 7) is 9.78. The molecule has 1 fully saturated rings. The number of carbonyl (C=O) groups excluding carboxylic acids is 1. The van der Waals surface area contributed by atoms with E-state index in [0.717, 1.165) is 31.9 Å². The zero-order valence-electron chi connectivity index (χ0n) is 16.5. The molecule has 1 amide bonds. The van der Waals surface area contributed by atoms with E-state index in [0.29, 0.717) is 23.1 Å². The molecule has 1 aromatic rings. The third-order valence-electron chi connectivity index (χ3n) is 4.68. The van der Waals surface area contributed by atoms with E-state index < -0.39 is 0 Å². The van der Waals surface area contributed by atoms with E-state index in [4.69, 9.17) is 25.8 Å². The van der Waals surface area contributed by atoms with Gasteiger partial charge in [-0.1, -0.05) is 11.6 Å². The molecule has 0 bridgehead atoms. The number of amides is 1. The molecule has 0 aliphatic carbocycles. The predicted molar refractivity (Wildman–Crippen MR) is 108 cm³/mol. The zero-order valence-corrected chi connectivity index (χ0v) is 17.2. The monoisotopic (exact) mass is 396 g/mol. The number of methoxy groups -OCH3 is 1. The van der Waals surface area contributed by atoms with Gasteiger partial charge in [-0.05, 0) is 44.5 Å². The summed E-state index contributed by atoms with van der Waals surface area (Å²) < 4.78 is 16.2. The molecular weight excluding hydrogens is 368 g/mol.